The summed E-state index contributed by atoms with van der Waals surface area (Å²) in [6.45, 7) is 10.0. The average Bonchev–Trinajstić information content (AvgIpc) is 3.20. The Morgan fingerprint density at radius 3 is 2.67 bits per heavy atom. The molecular formula is C21H37IN6O2. The summed E-state index contributed by atoms with van der Waals surface area (Å²) in [6.07, 6.45) is 3.65. The minimum Gasteiger partial charge on any atom is -0.396 e. The van der Waals surface area contributed by atoms with E-state index >= 15 is 0 Å². The van der Waals surface area contributed by atoms with Crippen LogP contribution >= 0.6 is 24.0 Å². The van der Waals surface area contributed by atoms with E-state index in [-0.39, 0.29) is 36.0 Å². The van der Waals surface area contributed by atoms with Crippen LogP contribution in [0.1, 0.15) is 25.3 Å². The summed E-state index contributed by atoms with van der Waals surface area (Å²) in [5.74, 6) is 1.84. The molecule has 30 heavy (non-hydrogen) atoms. The molecule has 3 heterocycles. The number of aliphatic hydroxyl groups excluding tert-OH is 1. The van der Waals surface area contributed by atoms with E-state index in [9.17, 15) is 5.11 Å². The Labute approximate surface area is 197 Å². The summed E-state index contributed by atoms with van der Waals surface area (Å²) in [5, 5.41) is 16.1. The molecule has 3 rings (SSSR count). The monoisotopic (exact) mass is 532 g/mol. The fraction of sp³-hybridized carbons (Fsp3) is 0.714. The zero-order valence-corrected chi connectivity index (χ0v) is 20.6. The Kier molecular flexibility index (Phi) is 10.6. The molecule has 0 spiro atoms. The lowest BCUT2D eigenvalue weighted by Gasteiger charge is -2.33. The number of ether oxygens (including phenoxy) is 1. The van der Waals surface area contributed by atoms with Crippen LogP contribution in [0.25, 0.3) is 0 Å². The summed E-state index contributed by atoms with van der Waals surface area (Å²) in [6, 6.07) is 4.22. The summed E-state index contributed by atoms with van der Waals surface area (Å²) in [5.41, 5.74) is 1.09. The number of guanidine groups is 1. The van der Waals surface area contributed by atoms with Crippen LogP contribution in [0.2, 0.25) is 0 Å². The largest absolute Gasteiger partial charge is 0.396 e. The first-order valence-corrected chi connectivity index (χ1v) is 10.7. The average molecular weight is 532 g/mol. The smallest absolute Gasteiger partial charge is 0.191 e. The normalized spacial score (nSPS) is 22.6. The molecular weight excluding hydrogens is 495 g/mol. The van der Waals surface area contributed by atoms with Crippen LogP contribution in [-0.4, -0.2) is 87.1 Å². The molecule has 0 amide bonds. The van der Waals surface area contributed by atoms with E-state index in [1.54, 1.807) is 0 Å². The number of aromatic nitrogens is 1. The van der Waals surface area contributed by atoms with Gasteiger partial charge < -0.3 is 30.3 Å². The molecule has 0 aliphatic carbocycles. The van der Waals surface area contributed by atoms with Crippen molar-refractivity contribution in [1.82, 2.24) is 20.5 Å². The number of likely N-dealkylation sites (N-methyl/N-ethyl adjacent to an activating group) is 1. The lowest BCUT2D eigenvalue weighted by atomic mass is 9.84. The number of aliphatic hydroxyl groups is 1. The van der Waals surface area contributed by atoms with Crippen molar-refractivity contribution in [3.8, 4) is 0 Å². The number of halogens is 1. The van der Waals surface area contributed by atoms with Crippen LogP contribution in [0.5, 0.6) is 0 Å². The van der Waals surface area contributed by atoms with Crippen molar-refractivity contribution < 1.29 is 9.84 Å². The first-order valence-electron chi connectivity index (χ1n) is 10.7. The van der Waals surface area contributed by atoms with Crippen molar-refractivity contribution in [3.05, 3.63) is 23.9 Å². The lowest BCUT2D eigenvalue weighted by Crippen LogP contribution is -2.44. The van der Waals surface area contributed by atoms with Crippen LogP contribution in [0, 0.1) is 5.41 Å². The third-order valence-electron chi connectivity index (χ3n) is 5.86. The highest BCUT2D eigenvalue weighted by molar-refractivity contribution is 14.0. The highest BCUT2D eigenvalue weighted by Gasteiger charge is 2.34. The van der Waals surface area contributed by atoms with E-state index < -0.39 is 0 Å². The van der Waals surface area contributed by atoms with Crippen molar-refractivity contribution in [1.29, 1.82) is 0 Å². The van der Waals surface area contributed by atoms with Gasteiger partial charge in [0.15, 0.2) is 5.96 Å². The van der Waals surface area contributed by atoms with Gasteiger partial charge in [0.05, 0.1) is 13.2 Å². The Morgan fingerprint density at radius 2 is 2.07 bits per heavy atom. The molecule has 170 valence electrons. The summed E-state index contributed by atoms with van der Waals surface area (Å²) in [4.78, 5) is 14.0. The van der Waals surface area contributed by atoms with Gasteiger partial charge in [-0.15, -0.1) is 24.0 Å². The molecule has 2 aliphatic heterocycles. The predicted molar refractivity (Wildman–Crippen MR) is 132 cm³/mol. The topological polar surface area (TPSA) is 85.3 Å². The van der Waals surface area contributed by atoms with E-state index in [2.05, 4.69) is 51.5 Å². The van der Waals surface area contributed by atoms with Crippen molar-refractivity contribution in [2.24, 2.45) is 10.4 Å². The maximum Gasteiger partial charge on any atom is 0.191 e. The second kappa shape index (κ2) is 12.6. The molecule has 0 radical (unpaired) electrons. The van der Waals surface area contributed by atoms with E-state index in [4.69, 9.17) is 9.73 Å². The van der Waals surface area contributed by atoms with Gasteiger partial charge in [0.25, 0.3) is 0 Å². The number of anilines is 1. The number of hydrogen-bond acceptors (Lipinski definition) is 6. The quantitative estimate of drug-likeness (QED) is 0.265. The van der Waals surface area contributed by atoms with Crippen molar-refractivity contribution in [2.75, 3.05) is 71.0 Å². The van der Waals surface area contributed by atoms with Crippen molar-refractivity contribution in [3.63, 3.8) is 0 Å². The molecule has 8 nitrogen and oxygen atoms in total. The summed E-state index contributed by atoms with van der Waals surface area (Å²) in [7, 11) is 2.16. The zero-order chi connectivity index (χ0) is 20.5. The van der Waals surface area contributed by atoms with Gasteiger partial charge in [0, 0.05) is 64.1 Å². The Hall–Kier alpha value is -1.17. The number of aliphatic imine (C=N–C) groups is 1. The number of piperazine rings is 1. The van der Waals surface area contributed by atoms with Gasteiger partial charge in [-0.3, -0.25) is 0 Å². The summed E-state index contributed by atoms with van der Waals surface area (Å²) >= 11 is 0. The first kappa shape index (κ1) is 25.1. The molecule has 2 aliphatic rings. The van der Waals surface area contributed by atoms with E-state index in [0.717, 1.165) is 76.1 Å². The molecule has 0 saturated carbocycles. The summed E-state index contributed by atoms with van der Waals surface area (Å²) < 4.78 is 5.58. The molecule has 1 atom stereocenters. The molecule has 2 fully saturated rings. The Balaban J connectivity index is 0.00000320. The van der Waals surface area contributed by atoms with Gasteiger partial charge in [-0.05, 0) is 38.4 Å². The van der Waals surface area contributed by atoms with Gasteiger partial charge in [-0.25, -0.2) is 9.98 Å². The fourth-order valence-electron chi connectivity index (χ4n) is 3.83. The standard InChI is InChI=1S/C21H36N6O2.HI/c1-3-22-20(25-16-21(6-12-28)7-13-29-17-21)24-15-18-4-5-19(23-14-18)27-10-8-26(2)9-11-27;/h4-5,14,28H,3,6-13,15-17H2,1-2H3,(H2,22,24,25);1H. The van der Waals surface area contributed by atoms with Crippen LogP contribution < -0.4 is 15.5 Å². The van der Waals surface area contributed by atoms with Crippen LogP contribution in [0.15, 0.2) is 23.3 Å². The number of nitrogens with zero attached hydrogens (tertiary/aromatic N) is 4. The number of nitrogens with one attached hydrogen (secondary N) is 2. The third-order valence-corrected chi connectivity index (χ3v) is 5.86. The van der Waals surface area contributed by atoms with Crippen molar-refractivity contribution in [2.45, 2.75) is 26.3 Å². The highest BCUT2D eigenvalue weighted by Crippen LogP contribution is 2.31. The molecule has 1 unspecified atom stereocenters. The van der Waals surface area contributed by atoms with Gasteiger partial charge in [0.2, 0.25) is 0 Å². The Bertz CT molecular complexity index is 643. The SMILES string of the molecule is CCNC(=NCc1ccc(N2CCN(C)CC2)nc1)NCC1(CCO)CCOC1.I. The molecule has 1 aromatic heterocycles. The maximum absolute atomic E-state index is 9.40. The zero-order valence-electron chi connectivity index (χ0n) is 18.3. The predicted octanol–water partition coefficient (Wildman–Crippen LogP) is 1.30. The molecule has 1 aromatic rings. The van der Waals surface area contributed by atoms with Crippen molar-refractivity contribution >= 4 is 35.8 Å². The van der Waals surface area contributed by atoms with Gasteiger partial charge in [-0.1, -0.05) is 6.07 Å². The minimum absolute atomic E-state index is 0. The van der Waals surface area contributed by atoms with Crippen LogP contribution in [-0.2, 0) is 11.3 Å². The fourth-order valence-corrected chi connectivity index (χ4v) is 3.83. The molecule has 0 bridgehead atoms. The maximum atomic E-state index is 9.40. The third kappa shape index (κ3) is 7.21. The molecule has 3 N–H and O–H groups in total. The van der Waals surface area contributed by atoms with Gasteiger partial charge >= 0.3 is 0 Å². The van der Waals surface area contributed by atoms with Gasteiger partial charge in [-0.2, -0.15) is 0 Å². The number of pyridine rings is 1. The van der Waals surface area contributed by atoms with Crippen LogP contribution in [0.4, 0.5) is 5.82 Å². The van der Waals surface area contributed by atoms with E-state index in [1.807, 2.05) is 6.20 Å². The second-order valence-corrected chi connectivity index (χ2v) is 8.14. The highest BCUT2D eigenvalue weighted by atomic mass is 127. The number of hydrogen-bond donors (Lipinski definition) is 3. The number of rotatable bonds is 8. The van der Waals surface area contributed by atoms with Crippen LogP contribution in [0.3, 0.4) is 0 Å². The van der Waals surface area contributed by atoms with Gasteiger partial charge in [0.1, 0.15) is 5.82 Å². The van der Waals surface area contributed by atoms with E-state index in [1.165, 1.54) is 0 Å². The molecule has 2 saturated heterocycles. The first-order chi connectivity index (χ1) is 14.1. The van der Waals surface area contributed by atoms with E-state index in [0.29, 0.717) is 13.2 Å². The molecule has 9 heteroatoms. The lowest BCUT2D eigenvalue weighted by molar-refractivity contribution is 0.127. The molecule has 0 aromatic carbocycles. The minimum atomic E-state index is -0.00332. The Morgan fingerprint density at radius 1 is 1.27 bits per heavy atom. The second-order valence-electron chi connectivity index (χ2n) is 8.14.